The van der Waals surface area contributed by atoms with Gasteiger partial charge in [0.25, 0.3) is 5.56 Å². The third-order valence-corrected chi connectivity index (χ3v) is 6.37. The fourth-order valence-electron chi connectivity index (χ4n) is 4.37. The normalized spacial score (nSPS) is 13.7. The molecular formula is C25H24ClFN6O3. The molecule has 9 nitrogen and oxygen atoms in total. The van der Waals surface area contributed by atoms with Crippen LogP contribution in [0.5, 0.6) is 0 Å². The predicted octanol–water partition coefficient (Wildman–Crippen LogP) is 2.95. The van der Waals surface area contributed by atoms with Gasteiger partial charge in [-0.15, -0.1) is 4.73 Å². The van der Waals surface area contributed by atoms with Crippen molar-refractivity contribution in [3.8, 4) is 11.3 Å². The number of aliphatic hydroxyl groups excluding tert-OH is 1. The molecule has 0 aliphatic carbocycles. The van der Waals surface area contributed by atoms with Crippen LogP contribution in [0.4, 0.5) is 21.7 Å². The van der Waals surface area contributed by atoms with E-state index in [4.69, 9.17) is 16.4 Å². The van der Waals surface area contributed by atoms with Gasteiger partial charge in [0.2, 0.25) is 5.95 Å². The molecule has 0 spiro atoms. The van der Waals surface area contributed by atoms with Crippen LogP contribution in [-0.2, 0) is 6.61 Å². The van der Waals surface area contributed by atoms with Crippen molar-refractivity contribution < 1.29 is 14.3 Å². The lowest BCUT2D eigenvalue weighted by Crippen LogP contribution is -2.43. The van der Waals surface area contributed by atoms with E-state index in [0.29, 0.717) is 11.1 Å². The second-order valence-electron chi connectivity index (χ2n) is 8.24. The standard InChI is InChI=1S/C25H24ClFN6O3/c1-36-33-21(35)8-6-17-23(22-18(26)3-2-4-19(22)27)30-25(31-24(17)33)29-16-5-7-20(15(13-16)14-34)32-11-9-28-10-12-32/h2-8,13,28,34H,9-12,14H2,1H3,(H,29,30,31). The molecule has 0 bridgehead atoms. The minimum atomic E-state index is -0.563. The average molecular weight is 511 g/mol. The van der Waals surface area contributed by atoms with Crippen LogP contribution in [0.1, 0.15) is 5.56 Å². The highest BCUT2D eigenvalue weighted by Gasteiger charge is 2.20. The van der Waals surface area contributed by atoms with Crippen LogP contribution >= 0.6 is 11.6 Å². The molecule has 0 radical (unpaired) electrons. The zero-order valence-corrected chi connectivity index (χ0v) is 20.2. The third kappa shape index (κ3) is 4.46. The van der Waals surface area contributed by atoms with Gasteiger partial charge in [0.15, 0.2) is 5.65 Å². The van der Waals surface area contributed by atoms with Crippen LogP contribution in [0.2, 0.25) is 5.02 Å². The summed E-state index contributed by atoms with van der Waals surface area (Å²) >= 11 is 6.36. The molecule has 4 aromatic rings. The molecule has 3 N–H and O–H groups in total. The highest BCUT2D eigenvalue weighted by atomic mass is 35.5. The van der Waals surface area contributed by atoms with Gasteiger partial charge in [-0.05, 0) is 36.4 Å². The van der Waals surface area contributed by atoms with Gasteiger partial charge in [-0.25, -0.2) is 9.37 Å². The van der Waals surface area contributed by atoms with Gasteiger partial charge in [-0.2, -0.15) is 4.98 Å². The van der Waals surface area contributed by atoms with Gasteiger partial charge < -0.3 is 25.5 Å². The molecule has 0 saturated carbocycles. The first-order valence-corrected chi connectivity index (χ1v) is 11.8. The molecule has 186 valence electrons. The van der Waals surface area contributed by atoms with Gasteiger partial charge in [-0.1, -0.05) is 17.7 Å². The maximum atomic E-state index is 14.9. The minimum absolute atomic E-state index is 0.0843. The monoisotopic (exact) mass is 510 g/mol. The van der Waals surface area contributed by atoms with Gasteiger partial charge in [0.1, 0.15) is 12.9 Å². The van der Waals surface area contributed by atoms with Crippen molar-refractivity contribution in [1.82, 2.24) is 20.0 Å². The first kappa shape index (κ1) is 24.0. The zero-order chi connectivity index (χ0) is 25.2. The summed E-state index contributed by atoms with van der Waals surface area (Å²) in [6, 6.07) is 12.8. The molecule has 1 fully saturated rings. The molecule has 1 aliphatic rings. The quantitative estimate of drug-likeness (QED) is 0.364. The van der Waals surface area contributed by atoms with E-state index in [0.717, 1.165) is 42.2 Å². The van der Waals surface area contributed by atoms with E-state index in [1.165, 1.54) is 31.4 Å². The summed E-state index contributed by atoms with van der Waals surface area (Å²) in [4.78, 5) is 28.9. The van der Waals surface area contributed by atoms with Crippen LogP contribution in [0, 0.1) is 5.82 Å². The van der Waals surface area contributed by atoms with Crippen LogP contribution in [-0.4, -0.2) is 53.1 Å². The highest BCUT2D eigenvalue weighted by Crippen LogP contribution is 2.35. The summed E-state index contributed by atoms with van der Waals surface area (Å²) in [5.74, 6) is -0.460. The van der Waals surface area contributed by atoms with Crippen molar-refractivity contribution in [2.24, 2.45) is 0 Å². The Morgan fingerprint density at radius 3 is 2.69 bits per heavy atom. The number of benzene rings is 2. The molecule has 5 rings (SSSR count). The fraction of sp³-hybridized carbons (Fsp3) is 0.240. The Bertz CT molecular complexity index is 1470. The van der Waals surface area contributed by atoms with Gasteiger partial charge in [0.05, 0.1) is 22.9 Å². The first-order chi connectivity index (χ1) is 17.5. The number of rotatable bonds is 6. The molecule has 3 heterocycles. The third-order valence-electron chi connectivity index (χ3n) is 6.06. The molecule has 2 aromatic carbocycles. The Labute approximate surface area is 211 Å². The first-order valence-electron chi connectivity index (χ1n) is 11.4. The van der Waals surface area contributed by atoms with Crippen molar-refractivity contribution in [2.75, 3.05) is 43.5 Å². The fourth-order valence-corrected chi connectivity index (χ4v) is 4.63. The van der Waals surface area contributed by atoms with E-state index < -0.39 is 11.4 Å². The summed E-state index contributed by atoms with van der Waals surface area (Å²) in [5, 5.41) is 17.0. The lowest BCUT2D eigenvalue weighted by Gasteiger charge is -2.31. The molecule has 1 aliphatic heterocycles. The number of nitrogens with one attached hydrogen (secondary N) is 2. The van der Waals surface area contributed by atoms with Crippen LogP contribution in [0.15, 0.2) is 53.3 Å². The number of nitrogens with zero attached hydrogens (tertiary/aromatic N) is 4. The molecular weight excluding hydrogens is 487 g/mol. The Morgan fingerprint density at radius 2 is 1.97 bits per heavy atom. The summed E-state index contributed by atoms with van der Waals surface area (Å²) in [5.41, 5.74) is 2.31. The number of hydrogen-bond acceptors (Lipinski definition) is 8. The number of halogens is 2. The Hall–Kier alpha value is -3.73. The van der Waals surface area contributed by atoms with Crippen molar-refractivity contribution in [1.29, 1.82) is 0 Å². The average Bonchev–Trinajstić information content (AvgIpc) is 2.89. The van der Waals surface area contributed by atoms with Crippen molar-refractivity contribution >= 4 is 40.0 Å². The van der Waals surface area contributed by atoms with E-state index in [1.54, 1.807) is 6.07 Å². The number of anilines is 3. The molecule has 1 saturated heterocycles. The molecule has 11 heteroatoms. The second kappa shape index (κ2) is 10.1. The van der Waals surface area contributed by atoms with E-state index in [2.05, 4.69) is 25.5 Å². The van der Waals surface area contributed by atoms with E-state index in [9.17, 15) is 14.3 Å². The van der Waals surface area contributed by atoms with Crippen molar-refractivity contribution in [2.45, 2.75) is 6.61 Å². The number of piperazine rings is 1. The lowest BCUT2D eigenvalue weighted by atomic mass is 10.1. The molecule has 36 heavy (non-hydrogen) atoms. The maximum Gasteiger partial charge on any atom is 0.285 e. The Morgan fingerprint density at radius 1 is 1.17 bits per heavy atom. The summed E-state index contributed by atoms with van der Waals surface area (Å²) < 4.78 is 15.9. The predicted molar refractivity (Wildman–Crippen MR) is 137 cm³/mol. The Balaban J connectivity index is 1.63. The smallest absolute Gasteiger partial charge is 0.285 e. The van der Waals surface area contributed by atoms with Crippen LogP contribution < -0.4 is 25.9 Å². The van der Waals surface area contributed by atoms with Crippen molar-refractivity contribution in [3.63, 3.8) is 0 Å². The number of hydrogen-bond donors (Lipinski definition) is 3. The summed E-state index contributed by atoms with van der Waals surface area (Å²) in [6.07, 6.45) is 0. The summed E-state index contributed by atoms with van der Waals surface area (Å²) in [7, 11) is 1.34. The Kier molecular flexibility index (Phi) is 6.73. The SMILES string of the molecule is COn1c(=O)ccc2c(-c3c(F)cccc3Cl)nc(Nc3ccc(N4CCNCC4)c(CO)c3)nc21. The number of aliphatic hydroxyl groups is 1. The topological polar surface area (TPSA) is 105 Å². The number of aromatic nitrogens is 3. The second-order valence-corrected chi connectivity index (χ2v) is 8.65. The van der Waals surface area contributed by atoms with E-state index in [-0.39, 0.29) is 34.5 Å². The van der Waals surface area contributed by atoms with Crippen molar-refractivity contribution in [3.05, 3.63) is 75.3 Å². The molecule has 2 aromatic heterocycles. The number of fused-ring (bicyclic) bond motifs is 1. The highest BCUT2D eigenvalue weighted by molar-refractivity contribution is 6.33. The lowest BCUT2D eigenvalue weighted by molar-refractivity contribution is 0.167. The van der Waals surface area contributed by atoms with E-state index >= 15 is 0 Å². The molecule has 0 amide bonds. The largest absolute Gasteiger partial charge is 0.412 e. The zero-order valence-electron chi connectivity index (χ0n) is 19.5. The number of pyridine rings is 1. The van der Waals surface area contributed by atoms with Gasteiger partial charge >= 0.3 is 0 Å². The van der Waals surface area contributed by atoms with Gasteiger partial charge in [-0.3, -0.25) is 4.79 Å². The minimum Gasteiger partial charge on any atom is -0.412 e. The van der Waals surface area contributed by atoms with Gasteiger partial charge in [0, 0.05) is 54.6 Å². The van der Waals surface area contributed by atoms with Crippen LogP contribution in [0.3, 0.4) is 0 Å². The molecule has 0 unspecified atom stereocenters. The van der Waals surface area contributed by atoms with Crippen LogP contribution in [0.25, 0.3) is 22.3 Å². The van der Waals surface area contributed by atoms with E-state index in [1.807, 2.05) is 18.2 Å². The molecule has 0 atom stereocenters. The summed E-state index contributed by atoms with van der Waals surface area (Å²) in [6.45, 7) is 3.28. The maximum absolute atomic E-state index is 14.9.